The van der Waals surface area contributed by atoms with Crippen LogP contribution in [0.5, 0.6) is 0 Å². The fourth-order valence-electron chi connectivity index (χ4n) is 3.92. The van der Waals surface area contributed by atoms with Crippen molar-refractivity contribution >= 4 is 58.6 Å². The van der Waals surface area contributed by atoms with Gasteiger partial charge in [0.25, 0.3) is 11.8 Å². The van der Waals surface area contributed by atoms with Crippen molar-refractivity contribution in [3.8, 4) is 0 Å². The number of ether oxygens (including phenoxy) is 2. The highest BCUT2D eigenvalue weighted by molar-refractivity contribution is 6.36. The van der Waals surface area contributed by atoms with Gasteiger partial charge >= 0.3 is 12.2 Å². The quantitative estimate of drug-likeness (QED) is 0.491. The molecule has 0 aromatic heterocycles. The Bertz CT molecular complexity index is 1220. The van der Waals surface area contributed by atoms with E-state index in [0.717, 1.165) is 9.80 Å². The van der Waals surface area contributed by atoms with Gasteiger partial charge in [0.1, 0.15) is 0 Å². The molecule has 0 aliphatic carbocycles. The van der Waals surface area contributed by atoms with E-state index in [9.17, 15) is 19.2 Å². The molecule has 10 heteroatoms. The van der Waals surface area contributed by atoms with E-state index in [1.165, 1.54) is 0 Å². The van der Waals surface area contributed by atoms with Gasteiger partial charge in [0.15, 0.2) is 0 Å². The number of benzene rings is 2. The van der Waals surface area contributed by atoms with Crippen LogP contribution < -0.4 is 0 Å². The van der Waals surface area contributed by atoms with Crippen LogP contribution in [-0.4, -0.2) is 46.0 Å². The fourth-order valence-corrected chi connectivity index (χ4v) is 4.17. The molecule has 36 heavy (non-hydrogen) atoms. The zero-order valence-corrected chi connectivity index (χ0v) is 21.4. The van der Waals surface area contributed by atoms with Crippen LogP contribution in [0.2, 0.25) is 10.0 Å². The summed E-state index contributed by atoms with van der Waals surface area (Å²) in [6.07, 6.45) is -2.96. The van der Waals surface area contributed by atoms with E-state index in [1.54, 1.807) is 76.2 Å². The monoisotopic (exact) mass is 528 g/mol. The average molecular weight is 529 g/mol. The molecule has 2 aliphatic heterocycles. The van der Waals surface area contributed by atoms with E-state index in [0.29, 0.717) is 21.2 Å². The van der Waals surface area contributed by atoms with Gasteiger partial charge in [0, 0.05) is 10.0 Å². The molecule has 0 radical (unpaired) electrons. The van der Waals surface area contributed by atoms with Gasteiger partial charge in [0.2, 0.25) is 0 Å². The van der Waals surface area contributed by atoms with Crippen LogP contribution in [0.4, 0.5) is 9.59 Å². The predicted molar refractivity (Wildman–Crippen MR) is 134 cm³/mol. The molecule has 2 aromatic rings. The highest BCUT2D eigenvalue weighted by atomic mass is 35.5. The molecule has 186 valence electrons. The van der Waals surface area contributed by atoms with Crippen molar-refractivity contribution in [2.24, 2.45) is 0 Å². The number of nitrogens with zero attached hydrogens (tertiary/aromatic N) is 2. The zero-order chi connectivity index (χ0) is 26.3. The minimum Gasteiger partial charge on any atom is -0.446 e. The fraction of sp³-hybridized carbons (Fsp3) is 0.231. The van der Waals surface area contributed by atoms with Crippen LogP contribution >= 0.6 is 23.2 Å². The van der Waals surface area contributed by atoms with E-state index in [-0.39, 0.29) is 22.5 Å². The third-order valence-corrected chi connectivity index (χ3v) is 5.78. The molecule has 2 aromatic carbocycles. The first-order chi connectivity index (χ1) is 17.0. The van der Waals surface area contributed by atoms with Crippen molar-refractivity contribution in [2.45, 2.75) is 39.9 Å². The number of rotatable bonds is 4. The molecule has 0 spiro atoms. The first-order valence-corrected chi connectivity index (χ1v) is 11.9. The van der Waals surface area contributed by atoms with Crippen molar-refractivity contribution in [3.05, 3.63) is 80.8 Å². The van der Waals surface area contributed by atoms with Gasteiger partial charge in [-0.15, -0.1) is 0 Å². The molecule has 0 fully saturated rings. The van der Waals surface area contributed by atoms with E-state index in [4.69, 9.17) is 32.7 Å². The Morgan fingerprint density at radius 3 is 1.22 bits per heavy atom. The Hall–Kier alpha value is -3.62. The minimum atomic E-state index is -0.950. The molecule has 2 aliphatic rings. The summed E-state index contributed by atoms with van der Waals surface area (Å²) in [5, 5.41) is 0.838. The highest BCUT2D eigenvalue weighted by Crippen LogP contribution is 2.47. The van der Waals surface area contributed by atoms with Gasteiger partial charge in [-0.2, -0.15) is 0 Å². The van der Waals surface area contributed by atoms with E-state index < -0.39 is 36.2 Å². The van der Waals surface area contributed by atoms with Crippen LogP contribution in [0, 0.1) is 0 Å². The molecule has 4 amide bonds. The first kappa shape index (κ1) is 25.5. The number of fused-ring (bicyclic) bond motifs is 1. The standard InChI is InChI=1S/C26H22Cl2N2O6/c1-13(2)35-25(33)29-21(15-5-9-17(27)10-6-15)19-20(23(29)31)22(16-7-11-18(28)12-8-16)30(24(19)32)26(34)36-14(3)4/h5-14H,1-4H3. The normalized spacial score (nSPS) is 15.4. The summed E-state index contributed by atoms with van der Waals surface area (Å²) in [4.78, 5) is 55.3. The summed E-state index contributed by atoms with van der Waals surface area (Å²) in [6.45, 7) is 6.56. The van der Waals surface area contributed by atoms with E-state index >= 15 is 0 Å². The maximum absolute atomic E-state index is 13.8. The molecule has 0 atom stereocenters. The average Bonchev–Trinajstić information content (AvgIpc) is 3.26. The van der Waals surface area contributed by atoms with E-state index in [2.05, 4.69) is 0 Å². The topological polar surface area (TPSA) is 93.2 Å². The Morgan fingerprint density at radius 2 is 0.944 bits per heavy atom. The van der Waals surface area contributed by atoms with Crippen LogP contribution in [0.1, 0.15) is 38.8 Å². The number of imide groups is 2. The minimum absolute atomic E-state index is 0.00590. The summed E-state index contributed by atoms with van der Waals surface area (Å²) >= 11 is 12.1. The number of amides is 4. The lowest BCUT2D eigenvalue weighted by atomic mass is 10.0. The third kappa shape index (κ3) is 4.50. The smallest absolute Gasteiger partial charge is 0.421 e. The van der Waals surface area contributed by atoms with Crippen molar-refractivity contribution in [2.75, 3.05) is 0 Å². The molecular weight excluding hydrogens is 507 g/mol. The maximum Gasteiger partial charge on any atom is 0.421 e. The van der Waals surface area contributed by atoms with Gasteiger partial charge in [-0.3, -0.25) is 9.59 Å². The number of hydrogen-bond acceptors (Lipinski definition) is 6. The van der Waals surface area contributed by atoms with Crippen LogP contribution in [0.15, 0.2) is 59.7 Å². The summed E-state index contributed by atoms with van der Waals surface area (Å²) in [5.74, 6) is -1.61. The Morgan fingerprint density at radius 1 is 0.639 bits per heavy atom. The van der Waals surface area contributed by atoms with Crippen LogP contribution in [0.25, 0.3) is 11.4 Å². The van der Waals surface area contributed by atoms with Crippen molar-refractivity contribution in [1.82, 2.24) is 9.80 Å². The van der Waals surface area contributed by atoms with Gasteiger partial charge < -0.3 is 9.47 Å². The molecule has 0 unspecified atom stereocenters. The second-order valence-corrected chi connectivity index (χ2v) is 9.48. The van der Waals surface area contributed by atoms with Crippen molar-refractivity contribution in [1.29, 1.82) is 0 Å². The van der Waals surface area contributed by atoms with Gasteiger partial charge in [0.05, 0.1) is 34.7 Å². The molecule has 2 heterocycles. The predicted octanol–water partition coefficient (Wildman–Crippen LogP) is 5.89. The van der Waals surface area contributed by atoms with E-state index in [1.807, 2.05) is 0 Å². The van der Waals surface area contributed by atoms with Crippen molar-refractivity contribution < 1.29 is 28.7 Å². The third-order valence-electron chi connectivity index (χ3n) is 5.28. The number of carbonyl (C=O) groups excluding carboxylic acids is 4. The molecule has 8 nitrogen and oxygen atoms in total. The molecule has 0 saturated carbocycles. The number of hydrogen-bond donors (Lipinski definition) is 0. The number of carbonyl (C=O) groups is 4. The zero-order valence-electron chi connectivity index (χ0n) is 19.9. The molecule has 4 rings (SSSR count). The van der Waals surface area contributed by atoms with Gasteiger partial charge in [-0.25, -0.2) is 19.4 Å². The van der Waals surface area contributed by atoms with Crippen LogP contribution in [0.3, 0.4) is 0 Å². The van der Waals surface area contributed by atoms with Gasteiger partial charge in [-0.05, 0) is 63.1 Å². The number of halogens is 2. The summed E-state index contributed by atoms with van der Waals surface area (Å²) < 4.78 is 10.6. The maximum atomic E-state index is 13.8. The second-order valence-electron chi connectivity index (χ2n) is 8.61. The Balaban J connectivity index is 2.01. The second kappa shape index (κ2) is 9.79. The SMILES string of the molecule is CC(C)OC(=O)N1C(=O)C2=C(c3ccc(Cl)cc3)N(C(=O)OC(C)C)C(=O)C2=C1c1ccc(Cl)cc1. The Kier molecular flexibility index (Phi) is 6.93. The molecule has 0 N–H and O–H groups in total. The lowest BCUT2D eigenvalue weighted by molar-refractivity contribution is -0.123. The van der Waals surface area contributed by atoms with Crippen molar-refractivity contribution in [3.63, 3.8) is 0 Å². The summed E-state index contributed by atoms with van der Waals surface area (Å²) in [5.41, 5.74) is 0.479. The summed E-state index contributed by atoms with van der Waals surface area (Å²) in [7, 11) is 0. The first-order valence-electron chi connectivity index (χ1n) is 11.1. The lowest BCUT2D eigenvalue weighted by Crippen LogP contribution is -2.37. The van der Waals surface area contributed by atoms with Crippen LogP contribution in [-0.2, 0) is 19.1 Å². The van der Waals surface area contributed by atoms with Gasteiger partial charge in [-0.1, -0.05) is 47.5 Å². The summed E-state index contributed by atoms with van der Waals surface area (Å²) in [6, 6.07) is 12.5. The largest absolute Gasteiger partial charge is 0.446 e. The molecular formula is C26H22Cl2N2O6. The Labute approximate surface area is 217 Å². The molecule has 0 saturated heterocycles. The lowest BCUT2D eigenvalue weighted by Gasteiger charge is -2.24. The highest BCUT2D eigenvalue weighted by Gasteiger charge is 2.53. The molecule has 0 bridgehead atoms.